The van der Waals surface area contributed by atoms with E-state index in [0.29, 0.717) is 42.5 Å². The van der Waals surface area contributed by atoms with Crippen LogP contribution in [-0.2, 0) is 20.9 Å². The highest BCUT2D eigenvalue weighted by Crippen LogP contribution is 2.23. The fraction of sp³-hybridized carbons (Fsp3) is 0.391. The normalized spacial score (nSPS) is 11.6. The van der Waals surface area contributed by atoms with Crippen molar-refractivity contribution in [3.8, 4) is 5.75 Å². The minimum absolute atomic E-state index is 0.137. The van der Waals surface area contributed by atoms with E-state index in [4.69, 9.17) is 21.1 Å². The molecule has 0 fully saturated rings. The summed E-state index contributed by atoms with van der Waals surface area (Å²) in [5.74, 6) is -0.665. The van der Waals surface area contributed by atoms with Crippen molar-refractivity contribution in [1.82, 2.24) is 10.2 Å². The molecule has 0 aliphatic heterocycles. The zero-order valence-corrected chi connectivity index (χ0v) is 18.5. The molecule has 2 aromatic rings. The van der Waals surface area contributed by atoms with Crippen molar-refractivity contribution in [2.45, 2.75) is 32.9 Å². The summed E-state index contributed by atoms with van der Waals surface area (Å²) < 4.78 is 24.1. The molecule has 2 amide bonds. The smallest absolute Gasteiger partial charge is 0.261 e. The first kappa shape index (κ1) is 24.6. The highest BCUT2D eigenvalue weighted by atomic mass is 35.5. The minimum atomic E-state index is -0.750. The summed E-state index contributed by atoms with van der Waals surface area (Å²) in [5, 5.41) is 3.21. The van der Waals surface area contributed by atoms with Crippen molar-refractivity contribution in [2.24, 2.45) is 0 Å². The van der Waals surface area contributed by atoms with E-state index >= 15 is 0 Å². The maximum atomic E-state index is 13.3. The van der Waals surface area contributed by atoms with Gasteiger partial charge >= 0.3 is 0 Å². The van der Waals surface area contributed by atoms with Crippen LogP contribution in [0.5, 0.6) is 5.75 Å². The predicted molar refractivity (Wildman–Crippen MR) is 117 cm³/mol. The van der Waals surface area contributed by atoms with Crippen molar-refractivity contribution in [3.63, 3.8) is 0 Å². The average Bonchev–Trinajstić information content (AvgIpc) is 2.77. The van der Waals surface area contributed by atoms with Crippen LogP contribution < -0.4 is 10.1 Å². The summed E-state index contributed by atoms with van der Waals surface area (Å²) in [6.07, 6.45) is 0.674. The highest BCUT2D eigenvalue weighted by Gasteiger charge is 2.26. The number of carbonyl (C=O) groups excluding carboxylic acids is 2. The third-order valence-electron chi connectivity index (χ3n) is 4.59. The maximum Gasteiger partial charge on any atom is 0.261 e. The van der Waals surface area contributed by atoms with Gasteiger partial charge in [-0.1, -0.05) is 35.9 Å². The van der Waals surface area contributed by atoms with E-state index in [1.54, 1.807) is 43.3 Å². The second-order valence-electron chi connectivity index (χ2n) is 6.88. The van der Waals surface area contributed by atoms with Crippen molar-refractivity contribution >= 4 is 23.4 Å². The largest absolute Gasteiger partial charge is 0.482 e. The number of rotatable bonds is 12. The lowest BCUT2D eigenvalue weighted by Crippen LogP contribution is -2.49. The molecule has 0 spiro atoms. The monoisotopic (exact) mass is 450 g/mol. The zero-order chi connectivity index (χ0) is 22.6. The Balaban J connectivity index is 2.05. The van der Waals surface area contributed by atoms with E-state index in [9.17, 15) is 14.0 Å². The first-order valence-corrected chi connectivity index (χ1v) is 10.6. The molecular weight excluding hydrogens is 423 g/mol. The van der Waals surface area contributed by atoms with Gasteiger partial charge < -0.3 is 19.7 Å². The standard InChI is InChI=1S/C23H28ClFN2O4/c1-3-30-14-6-13-26-23(29)17(2)27(15-18-9-11-19(25)12-10-18)22(28)16-31-21-8-5-4-7-20(21)24/h4-5,7-12,17H,3,6,13-16H2,1-2H3,(H,26,29). The Morgan fingerprint density at radius 3 is 2.55 bits per heavy atom. The molecule has 31 heavy (non-hydrogen) atoms. The third kappa shape index (κ3) is 8.19. The first-order chi connectivity index (χ1) is 14.9. The predicted octanol–water partition coefficient (Wildman–Crippen LogP) is 3.82. The van der Waals surface area contributed by atoms with Crippen LogP contribution in [0.1, 0.15) is 25.8 Å². The molecule has 0 radical (unpaired) electrons. The van der Waals surface area contributed by atoms with Gasteiger partial charge in [0.2, 0.25) is 5.91 Å². The van der Waals surface area contributed by atoms with E-state index < -0.39 is 6.04 Å². The number of carbonyl (C=O) groups is 2. The van der Waals surface area contributed by atoms with Crippen LogP contribution in [0.25, 0.3) is 0 Å². The van der Waals surface area contributed by atoms with Gasteiger partial charge in [0.05, 0.1) is 5.02 Å². The molecule has 1 N–H and O–H groups in total. The first-order valence-electron chi connectivity index (χ1n) is 10.2. The summed E-state index contributed by atoms with van der Waals surface area (Å²) in [6.45, 7) is 5.02. The number of benzene rings is 2. The minimum Gasteiger partial charge on any atom is -0.482 e. The van der Waals surface area contributed by atoms with E-state index in [2.05, 4.69) is 5.32 Å². The number of hydrogen-bond donors (Lipinski definition) is 1. The van der Waals surface area contributed by atoms with Crippen molar-refractivity contribution in [1.29, 1.82) is 0 Å². The van der Waals surface area contributed by atoms with E-state index in [1.807, 2.05) is 6.92 Å². The summed E-state index contributed by atoms with van der Waals surface area (Å²) in [7, 11) is 0. The summed E-state index contributed by atoms with van der Waals surface area (Å²) >= 11 is 6.08. The molecule has 1 atom stereocenters. The number of halogens is 2. The molecule has 0 heterocycles. The molecule has 0 aliphatic carbocycles. The quantitative estimate of drug-likeness (QED) is 0.499. The molecule has 6 nitrogen and oxygen atoms in total. The number of nitrogens with zero attached hydrogens (tertiary/aromatic N) is 1. The molecule has 0 saturated carbocycles. The molecule has 1 unspecified atom stereocenters. The number of para-hydroxylation sites is 1. The second kappa shape index (κ2) is 12.9. The van der Waals surface area contributed by atoms with Crippen LogP contribution >= 0.6 is 11.6 Å². The molecule has 0 saturated heterocycles. The Morgan fingerprint density at radius 2 is 1.87 bits per heavy atom. The van der Waals surface area contributed by atoms with Gasteiger partial charge in [0.25, 0.3) is 5.91 Å². The Labute approximate surface area is 187 Å². The lowest BCUT2D eigenvalue weighted by molar-refractivity contribution is -0.142. The van der Waals surface area contributed by atoms with E-state index in [0.717, 1.165) is 0 Å². The van der Waals surface area contributed by atoms with Gasteiger partial charge in [0.1, 0.15) is 17.6 Å². The lowest BCUT2D eigenvalue weighted by Gasteiger charge is -2.28. The fourth-order valence-corrected chi connectivity index (χ4v) is 3.02. The average molecular weight is 451 g/mol. The van der Waals surface area contributed by atoms with Gasteiger partial charge in [-0.25, -0.2) is 4.39 Å². The van der Waals surface area contributed by atoms with Gasteiger partial charge in [-0.15, -0.1) is 0 Å². The Kier molecular flexibility index (Phi) is 10.3. The Hall–Kier alpha value is -2.64. The van der Waals surface area contributed by atoms with Crippen LogP contribution in [0, 0.1) is 5.82 Å². The summed E-state index contributed by atoms with van der Waals surface area (Å²) in [4.78, 5) is 27.0. The number of ether oxygens (including phenoxy) is 2. The fourth-order valence-electron chi connectivity index (χ4n) is 2.83. The topological polar surface area (TPSA) is 67.9 Å². The summed E-state index contributed by atoms with van der Waals surface area (Å²) in [5.41, 5.74) is 0.698. The number of hydrogen-bond acceptors (Lipinski definition) is 4. The van der Waals surface area contributed by atoms with Gasteiger partial charge in [-0.05, 0) is 50.1 Å². The summed E-state index contributed by atoms with van der Waals surface area (Å²) in [6, 6.07) is 11.9. The van der Waals surface area contributed by atoms with Crippen molar-refractivity contribution in [2.75, 3.05) is 26.4 Å². The van der Waals surface area contributed by atoms with Crippen LogP contribution in [-0.4, -0.2) is 49.1 Å². The lowest BCUT2D eigenvalue weighted by atomic mass is 10.1. The van der Waals surface area contributed by atoms with E-state index in [1.165, 1.54) is 17.0 Å². The van der Waals surface area contributed by atoms with Gasteiger partial charge in [-0.3, -0.25) is 9.59 Å². The van der Waals surface area contributed by atoms with Crippen LogP contribution in [0.2, 0.25) is 5.02 Å². The maximum absolute atomic E-state index is 13.3. The van der Waals surface area contributed by atoms with Gasteiger partial charge in [0, 0.05) is 26.3 Å². The molecule has 2 aromatic carbocycles. The van der Waals surface area contributed by atoms with E-state index in [-0.39, 0.29) is 30.8 Å². The molecule has 2 rings (SSSR count). The molecule has 0 aromatic heterocycles. The SMILES string of the molecule is CCOCCCNC(=O)C(C)N(Cc1ccc(F)cc1)C(=O)COc1ccccc1Cl. The second-order valence-corrected chi connectivity index (χ2v) is 7.29. The van der Waals surface area contributed by atoms with Gasteiger partial charge in [-0.2, -0.15) is 0 Å². The molecule has 0 bridgehead atoms. The Morgan fingerprint density at radius 1 is 1.16 bits per heavy atom. The van der Waals surface area contributed by atoms with Crippen LogP contribution in [0.15, 0.2) is 48.5 Å². The number of nitrogens with one attached hydrogen (secondary N) is 1. The van der Waals surface area contributed by atoms with Crippen molar-refractivity contribution < 1.29 is 23.5 Å². The molecule has 168 valence electrons. The third-order valence-corrected chi connectivity index (χ3v) is 4.90. The van der Waals surface area contributed by atoms with Crippen LogP contribution in [0.3, 0.4) is 0 Å². The Bertz CT molecular complexity index is 848. The van der Waals surface area contributed by atoms with Gasteiger partial charge in [0.15, 0.2) is 6.61 Å². The molecule has 0 aliphatic rings. The molecular formula is C23H28ClFN2O4. The zero-order valence-electron chi connectivity index (χ0n) is 17.8. The van der Waals surface area contributed by atoms with Crippen molar-refractivity contribution in [3.05, 3.63) is 64.9 Å². The van der Waals surface area contributed by atoms with Crippen LogP contribution in [0.4, 0.5) is 4.39 Å². The number of amides is 2. The molecule has 8 heteroatoms. The highest BCUT2D eigenvalue weighted by molar-refractivity contribution is 6.32.